The number of rotatable bonds is 4. The summed E-state index contributed by atoms with van der Waals surface area (Å²) in [6.07, 6.45) is 7.42. The second kappa shape index (κ2) is 7.76. The number of ketones is 1. The fraction of sp³-hybridized carbons (Fsp3) is 0.655. The quantitative estimate of drug-likeness (QED) is 0.521. The second-order valence-corrected chi connectivity index (χ2v) is 14.1. The monoisotopic (exact) mass is 493 g/mol. The average Bonchev–Trinajstić information content (AvgIpc) is 3.53. The van der Waals surface area contributed by atoms with Crippen molar-refractivity contribution in [3.05, 3.63) is 41.5 Å². The van der Waals surface area contributed by atoms with Crippen molar-refractivity contribution in [3.8, 4) is 6.07 Å². The number of benzene rings is 1. The van der Waals surface area contributed by atoms with Crippen LogP contribution in [-0.4, -0.2) is 20.8 Å². The molecule has 0 saturated heterocycles. The van der Waals surface area contributed by atoms with Crippen molar-refractivity contribution in [2.24, 2.45) is 52.3 Å². The van der Waals surface area contributed by atoms with Gasteiger partial charge < -0.3 is 0 Å². The van der Waals surface area contributed by atoms with Crippen LogP contribution >= 0.6 is 0 Å². The Labute approximate surface area is 209 Å². The maximum Gasteiger partial charge on any atom is 0.296 e. The SMILES string of the molecule is Cc1ccc(S(=O)(=O)OC[C@@H]2C[C@H]3[C@@H]4[C@@H]5C[C@@H]5[C@H](C#N)[C@@]4(C)CC[C@@H]3[C@@]3(C)CCC(=O)C=C23)cc1. The number of carbonyl (C=O) groups excluding carboxylic acids is 1. The van der Waals surface area contributed by atoms with E-state index in [1.807, 2.05) is 13.0 Å². The second-order valence-electron chi connectivity index (χ2n) is 12.5. The zero-order valence-corrected chi connectivity index (χ0v) is 21.7. The third kappa shape index (κ3) is 3.41. The molecular formula is C29H35NO4S. The van der Waals surface area contributed by atoms with E-state index in [1.54, 1.807) is 24.3 Å². The Balaban J connectivity index is 1.33. The molecule has 0 aliphatic heterocycles. The molecule has 5 nitrogen and oxygen atoms in total. The van der Waals surface area contributed by atoms with E-state index in [2.05, 4.69) is 19.9 Å². The van der Waals surface area contributed by atoms with Gasteiger partial charge in [-0.3, -0.25) is 8.98 Å². The smallest absolute Gasteiger partial charge is 0.295 e. The molecule has 1 aromatic rings. The fourth-order valence-electron chi connectivity index (χ4n) is 9.10. The Kier molecular flexibility index (Phi) is 5.20. The lowest BCUT2D eigenvalue weighted by molar-refractivity contribution is -0.118. The van der Waals surface area contributed by atoms with E-state index in [4.69, 9.17) is 4.18 Å². The molecule has 0 spiro atoms. The largest absolute Gasteiger partial charge is 0.296 e. The van der Waals surface area contributed by atoms with Gasteiger partial charge in [0, 0.05) is 12.3 Å². The number of carbonyl (C=O) groups is 1. The Morgan fingerprint density at radius 1 is 1.09 bits per heavy atom. The first kappa shape index (κ1) is 23.4. The lowest BCUT2D eigenvalue weighted by atomic mass is 9.44. The fourth-order valence-corrected chi connectivity index (χ4v) is 10.1. The summed E-state index contributed by atoms with van der Waals surface area (Å²) in [4.78, 5) is 12.7. The van der Waals surface area contributed by atoms with Gasteiger partial charge in [0.2, 0.25) is 0 Å². The molecule has 1 aromatic carbocycles. The maximum absolute atomic E-state index is 13.0. The topological polar surface area (TPSA) is 84.2 Å². The lowest BCUT2D eigenvalue weighted by Gasteiger charge is -2.60. The summed E-state index contributed by atoms with van der Waals surface area (Å²) in [5, 5.41) is 10.00. The van der Waals surface area contributed by atoms with Crippen LogP contribution in [-0.2, 0) is 19.1 Å². The molecule has 5 aliphatic rings. The number of nitrogens with zero attached hydrogens (tertiary/aromatic N) is 1. The first-order valence-corrected chi connectivity index (χ1v) is 14.6. The summed E-state index contributed by atoms with van der Waals surface area (Å²) in [6, 6.07) is 9.42. The number of aryl methyl sites for hydroxylation is 1. The van der Waals surface area contributed by atoms with Crippen LogP contribution in [0.1, 0.15) is 57.9 Å². The minimum Gasteiger partial charge on any atom is -0.295 e. The standard InChI is InChI=1S/C29H35NO4S/c1-17-4-6-20(7-5-17)35(32,33)34-16-18-12-23-24(28(2)10-8-19(31)13-25(18)28)9-11-29(3)26(15-30)21-14-22(21)27(23)29/h4-7,13,18,21-24,26-27H,8-12,14,16H2,1-3H3/t18-,21-,22+,23+,24-,26-,27-,28+,29+/m0/s1. The minimum absolute atomic E-state index is 0.0605. The molecule has 9 atom stereocenters. The average molecular weight is 494 g/mol. The van der Waals surface area contributed by atoms with Gasteiger partial charge in [-0.15, -0.1) is 0 Å². The van der Waals surface area contributed by atoms with Gasteiger partial charge in [0.1, 0.15) is 0 Å². The summed E-state index contributed by atoms with van der Waals surface area (Å²) in [5.74, 6) is 2.84. The van der Waals surface area contributed by atoms with Crippen molar-refractivity contribution < 1.29 is 17.4 Å². The third-order valence-corrected chi connectivity index (χ3v) is 12.1. The van der Waals surface area contributed by atoms with Crippen LogP contribution in [0.25, 0.3) is 0 Å². The molecular weight excluding hydrogens is 458 g/mol. The van der Waals surface area contributed by atoms with Gasteiger partial charge >= 0.3 is 0 Å². The van der Waals surface area contributed by atoms with Crippen LogP contribution in [0.5, 0.6) is 0 Å². The summed E-state index contributed by atoms with van der Waals surface area (Å²) >= 11 is 0. The Morgan fingerprint density at radius 3 is 2.54 bits per heavy atom. The predicted octanol–water partition coefficient (Wildman–Crippen LogP) is 5.45. The van der Waals surface area contributed by atoms with E-state index >= 15 is 0 Å². The van der Waals surface area contributed by atoms with Crippen molar-refractivity contribution in [2.45, 2.75) is 64.2 Å². The van der Waals surface area contributed by atoms with E-state index in [1.165, 1.54) is 6.42 Å². The summed E-state index contributed by atoms with van der Waals surface area (Å²) in [6.45, 7) is 6.66. The van der Waals surface area contributed by atoms with Crippen LogP contribution < -0.4 is 0 Å². The van der Waals surface area contributed by atoms with E-state index in [0.29, 0.717) is 36.0 Å². The molecule has 6 rings (SSSR count). The van der Waals surface area contributed by atoms with Crippen molar-refractivity contribution in [1.82, 2.24) is 0 Å². The Morgan fingerprint density at radius 2 is 1.83 bits per heavy atom. The highest BCUT2D eigenvalue weighted by atomic mass is 32.2. The highest BCUT2D eigenvalue weighted by molar-refractivity contribution is 7.86. The van der Waals surface area contributed by atoms with E-state index < -0.39 is 10.1 Å². The molecule has 0 amide bonds. The van der Waals surface area contributed by atoms with E-state index in [-0.39, 0.29) is 40.0 Å². The molecule has 0 aromatic heterocycles. The van der Waals surface area contributed by atoms with Gasteiger partial charge in [-0.1, -0.05) is 37.1 Å². The molecule has 4 fully saturated rings. The minimum atomic E-state index is -3.88. The van der Waals surface area contributed by atoms with Gasteiger partial charge in [-0.25, -0.2) is 0 Å². The summed E-state index contributed by atoms with van der Waals surface area (Å²) in [5.41, 5.74) is 2.06. The molecule has 0 N–H and O–H groups in total. The number of fused-ring (bicyclic) bond motifs is 7. The molecule has 4 saturated carbocycles. The molecule has 5 aliphatic carbocycles. The Hall–Kier alpha value is -1.97. The van der Waals surface area contributed by atoms with Crippen molar-refractivity contribution >= 4 is 15.9 Å². The van der Waals surface area contributed by atoms with Gasteiger partial charge in [0.25, 0.3) is 10.1 Å². The zero-order valence-electron chi connectivity index (χ0n) is 20.9. The zero-order chi connectivity index (χ0) is 24.8. The highest BCUT2D eigenvalue weighted by Crippen LogP contribution is 2.75. The van der Waals surface area contributed by atoms with E-state index in [0.717, 1.165) is 36.8 Å². The van der Waals surface area contributed by atoms with Crippen LogP contribution in [0.2, 0.25) is 0 Å². The first-order chi connectivity index (χ1) is 16.6. The summed E-state index contributed by atoms with van der Waals surface area (Å²) in [7, 11) is -3.88. The van der Waals surface area contributed by atoms with Crippen molar-refractivity contribution in [2.75, 3.05) is 6.61 Å². The number of nitriles is 1. The highest BCUT2D eigenvalue weighted by Gasteiger charge is 2.70. The Bertz CT molecular complexity index is 1240. The van der Waals surface area contributed by atoms with Crippen LogP contribution in [0, 0.1) is 70.5 Å². The van der Waals surface area contributed by atoms with Crippen molar-refractivity contribution in [1.29, 1.82) is 5.26 Å². The molecule has 186 valence electrons. The molecule has 6 heteroatoms. The van der Waals surface area contributed by atoms with Crippen LogP contribution in [0.3, 0.4) is 0 Å². The van der Waals surface area contributed by atoms with Crippen LogP contribution in [0.15, 0.2) is 40.8 Å². The normalized spacial score (nSPS) is 43.8. The number of hydrogen-bond acceptors (Lipinski definition) is 5. The van der Waals surface area contributed by atoms with Gasteiger partial charge in [0.15, 0.2) is 5.78 Å². The number of hydrogen-bond donors (Lipinski definition) is 0. The molecule has 0 unspecified atom stereocenters. The molecule has 0 radical (unpaired) electrons. The van der Waals surface area contributed by atoms with Gasteiger partial charge in [0.05, 0.1) is 23.5 Å². The molecule has 35 heavy (non-hydrogen) atoms. The maximum atomic E-state index is 13.0. The summed E-state index contributed by atoms with van der Waals surface area (Å²) < 4.78 is 31.7. The van der Waals surface area contributed by atoms with Crippen LogP contribution in [0.4, 0.5) is 0 Å². The third-order valence-electron chi connectivity index (χ3n) is 10.8. The van der Waals surface area contributed by atoms with Gasteiger partial charge in [-0.2, -0.15) is 13.7 Å². The predicted molar refractivity (Wildman–Crippen MR) is 131 cm³/mol. The van der Waals surface area contributed by atoms with Gasteiger partial charge in [-0.05, 0) is 97.7 Å². The van der Waals surface area contributed by atoms with E-state index in [9.17, 15) is 18.5 Å². The molecule has 0 bridgehead atoms. The van der Waals surface area contributed by atoms with Crippen molar-refractivity contribution in [3.63, 3.8) is 0 Å². The lowest BCUT2D eigenvalue weighted by Crippen LogP contribution is -2.54. The molecule has 0 heterocycles. The first-order valence-electron chi connectivity index (χ1n) is 13.2.